The van der Waals surface area contributed by atoms with Crippen molar-refractivity contribution in [1.29, 1.82) is 0 Å². The maximum absolute atomic E-state index is 12.1. The third-order valence-corrected chi connectivity index (χ3v) is 3.69. The Labute approximate surface area is 181 Å². The highest BCUT2D eigenvalue weighted by Gasteiger charge is 2.21. The van der Waals surface area contributed by atoms with Crippen LogP contribution in [0.4, 0.5) is 4.79 Å². The lowest BCUT2D eigenvalue weighted by Gasteiger charge is -2.17. The molecule has 0 unspecified atom stereocenters. The second-order valence-electron chi connectivity index (χ2n) is 7.01. The van der Waals surface area contributed by atoms with Gasteiger partial charge in [0.05, 0.1) is 13.7 Å². The Morgan fingerprint density at radius 2 is 1.61 bits per heavy atom. The van der Waals surface area contributed by atoms with Crippen molar-refractivity contribution in [2.45, 2.75) is 40.2 Å². The highest BCUT2D eigenvalue weighted by atomic mass is 16.7. The Morgan fingerprint density at radius 3 is 2.19 bits per heavy atom. The first-order valence-corrected chi connectivity index (χ1v) is 9.72. The van der Waals surface area contributed by atoms with E-state index in [1.54, 1.807) is 6.07 Å². The van der Waals surface area contributed by atoms with Gasteiger partial charge in [-0.1, -0.05) is 19.9 Å². The fourth-order valence-electron chi connectivity index (χ4n) is 2.41. The minimum absolute atomic E-state index is 0.00545. The molecule has 0 bridgehead atoms. The van der Waals surface area contributed by atoms with Crippen LogP contribution in [-0.4, -0.2) is 57.0 Å². The summed E-state index contributed by atoms with van der Waals surface area (Å²) in [5.41, 5.74) is 0.618. The monoisotopic (exact) mass is 439 g/mol. The second-order valence-corrected chi connectivity index (χ2v) is 7.01. The fraction of sp³-hybridized carbons (Fsp3) is 0.524. The Kier molecular flexibility index (Phi) is 11.0. The van der Waals surface area contributed by atoms with E-state index < -0.39 is 30.1 Å². The van der Waals surface area contributed by atoms with Crippen LogP contribution in [0.15, 0.2) is 18.2 Å². The standard InChI is InChI=1S/C21H29NO9/c1-13(2)12-29-21(26)28-9-8-22-17(20(25)27-5)10-16-6-7-18(30-14(3)23)19(11-16)31-15(4)24/h6-7,11,13,17,22H,8-10,12H2,1-5H3/t17-/m0/s1. The van der Waals surface area contributed by atoms with E-state index >= 15 is 0 Å². The van der Waals surface area contributed by atoms with Crippen LogP contribution in [-0.2, 0) is 35.0 Å². The van der Waals surface area contributed by atoms with Crippen molar-refractivity contribution in [3.8, 4) is 11.5 Å². The molecule has 31 heavy (non-hydrogen) atoms. The molecule has 0 fully saturated rings. The lowest BCUT2D eigenvalue weighted by atomic mass is 10.1. The summed E-state index contributed by atoms with van der Waals surface area (Å²) in [6, 6.07) is 3.83. The molecule has 10 heteroatoms. The summed E-state index contributed by atoms with van der Waals surface area (Å²) in [5.74, 6) is -1.35. The maximum Gasteiger partial charge on any atom is 0.508 e. The molecular formula is C21H29NO9. The van der Waals surface area contributed by atoms with E-state index in [1.165, 1.54) is 33.1 Å². The fourth-order valence-corrected chi connectivity index (χ4v) is 2.41. The topological polar surface area (TPSA) is 126 Å². The number of methoxy groups -OCH3 is 1. The predicted octanol–water partition coefficient (Wildman–Crippen LogP) is 2.02. The molecule has 0 aromatic heterocycles. The van der Waals surface area contributed by atoms with E-state index in [2.05, 4.69) is 5.32 Å². The van der Waals surface area contributed by atoms with Crippen LogP contribution < -0.4 is 14.8 Å². The van der Waals surface area contributed by atoms with Crippen molar-refractivity contribution < 1.29 is 42.9 Å². The number of benzene rings is 1. The van der Waals surface area contributed by atoms with E-state index in [9.17, 15) is 19.2 Å². The highest BCUT2D eigenvalue weighted by Crippen LogP contribution is 2.29. The van der Waals surface area contributed by atoms with Gasteiger partial charge in [-0.2, -0.15) is 0 Å². The minimum Gasteiger partial charge on any atom is -0.468 e. The largest absolute Gasteiger partial charge is 0.508 e. The summed E-state index contributed by atoms with van der Waals surface area (Å²) >= 11 is 0. The molecule has 1 atom stereocenters. The van der Waals surface area contributed by atoms with Crippen molar-refractivity contribution in [1.82, 2.24) is 5.32 Å². The van der Waals surface area contributed by atoms with E-state index in [0.29, 0.717) is 5.56 Å². The number of hydrogen-bond acceptors (Lipinski definition) is 10. The van der Waals surface area contributed by atoms with Gasteiger partial charge in [-0.3, -0.25) is 14.4 Å². The number of esters is 3. The molecule has 0 saturated carbocycles. The third kappa shape index (κ3) is 10.4. The van der Waals surface area contributed by atoms with Crippen molar-refractivity contribution in [2.24, 2.45) is 5.92 Å². The van der Waals surface area contributed by atoms with Crippen LogP contribution in [0.3, 0.4) is 0 Å². The van der Waals surface area contributed by atoms with Gasteiger partial charge in [0.25, 0.3) is 0 Å². The van der Waals surface area contributed by atoms with Gasteiger partial charge in [0.2, 0.25) is 0 Å². The normalized spacial score (nSPS) is 11.4. The zero-order valence-corrected chi connectivity index (χ0v) is 18.4. The number of carbonyl (C=O) groups is 4. The third-order valence-electron chi connectivity index (χ3n) is 3.69. The first-order valence-electron chi connectivity index (χ1n) is 9.72. The number of hydrogen-bond donors (Lipinski definition) is 1. The molecule has 0 aliphatic rings. The predicted molar refractivity (Wildman–Crippen MR) is 109 cm³/mol. The summed E-state index contributed by atoms with van der Waals surface area (Å²) in [7, 11) is 1.25. The molecule has 0 amide bonds. The summed E-state index contributed by atoms with van der Waals surface area (Å²) in [6.07, 6.45) is -0.601. The molecular weight excluding hydrogens is 410 g/mol. The van der Waals surface area contributed by atoms with Crippen LogP contribution in [0.1, 0.15) is 33.3 Å². The van der Waals surface area contributed by atoms with Crippen molar-refractivity contribution in [3.63, 3.8) is 0 Å². The molecule has 1 rings (SSSR count). The summed E-state index contributed by atoms with van der Waals surface area (Å²) in [5, 5.41) is 2.95. The lowest BCUT2D eigenvalue weighted by Crippen LogP contribution is -2.41. The average molecular weight is 439 g/mol. The van der Waals surface area contributed by atoms with E-state index in [1.807, 2.05) is 13.8 Å². The van der Waals surface area contributed by atoms with E-state index in [-0.39, 0.29) is 43.6 Å². The van der Waals surface area contributed by atoms with Crippen molar-refractivity contribution >= 4 is 24.1 Å². The molecule has 1 aromatic rings. The van der Waals surface area contributed by atoms with Gasteiger partial charge in [0, 0.05) is 20.4 Å². The van der Waals surface area contributed by atoms with Crippen LogP contribution in [0.5, 0.6) is 11.5 Å². The molecule has 1 N–H and O–H groups in total. The lowest BCUT2D eigenvalue weighted by molar-refractivity contribution is -0.143. The Balaban J connectivity index is 2.76. The summed E-state index contributed by atoms with van der Waals surface area (Å²) < 4.78 is 24.8. The van der Waals surface area contributed by atoms with Gasteiger partial charge < -0.3 is 29.0 Å². The molecule has 0 radical (unpaired) electrons. The highest BCUT2D eigenvalue weighted by molar-refractivity contribution is 5.76. The number of ether oxygens (including phenoxy) is 5. The Bertz CT molecular complexity index is 776. The van der Waals surface area contributed by atoms with Gasteiger partial charge in [-0.15, -0.1) is 0 Å². The van der Waals surface area contributed by atoms with Gasteiger partial charge in [0.15, 0.2) is 11.5 Å². The molecule has 0 aliphatic carbocycles. The number of carbonyl (C=O) groups excluding carboxylic acids is 4. The average Bonchev–Trinajstić information content (AvgIpc) is 2.69. The first-order chi connectivity index (χ1) is 14.6. The molecule has 0 saturated heterocycles. The molecule has 0 spiro atoms. The smallest absolute Gasteiger partial charge is 0.468 e. The zero-order chi connectivity index (χ0) is 23.4. The SMILES string of the molecule is COC(=O)[C@H](Cc1ccc(OC(C)=O)c(OC(C)=O)c1)NCCOC(=O)OCC(C)C. The van der Waals surface area contributed by atoms with Gasteiger partial charge in [-0.05, 0) is 30.0 Å². The Morgan fingerprint density at radius 1 is 0.968 bits per heavy atom. The number of nitrogens with one attached hydrogen (secondary N) is 1. The molecule has 172 valence electrons. The maximum atomic E-state index is 12.1. The summed E-state index contributed by atoms with van der Waals surface area (Å²) in [6.45, 7) is 6.68. The zero-order valence-electron chi connectivity index (χ0n) is 18.4. The van der Waals surface area contributed by atoms with Gasteiger partial charge in [0.1, 0.15) is 12.6 Å². The first kappa shape index (κ1) is 25.9. The summed E-state index contributed by atoms with van der Waals surface area (Å²) in [4.78, 5) is 46.2. The van der Waals surface area contributed by atoms with Crippen molar-refractivity contribution in [3.05, 3.63) is 23.8 Å². The van der Waals surface area contributed by atoms with Crippen LogP contribution >= 0.6 is 0 Å². The second kappa shape index (κ2) is 13.2. The van der Waals surface area contributed by atoms with Crippen LogP contribution in [0.2, 0.25) is 0 Å². The van der Waals surface area contributed by atoms with Crippen LogP contribution in [0.25, 0.3) is 0 Å². The number of rotatable bonds is 11. The molecule has 10 nitrogen and oxygen atoms in total. The minimum atomic E-state index is -0.780. The van der Waals surface area contributed by atoms with Crippen molar-refractivity contribution in [2.75, 3.05) is 26.9 Å². The molecule has 0 aliphatic heterocycles. The van der Waals surface area contributed by atoms with Crippen LogP contribution in [0, 0.1) is 5.92 Å². The quantitative estimate of drug-likeness (QED) is 0.311. The molecule has 1 aromatic carbocycles. The van der Waals surface area contributed by atoms with Gasteiger partial charge in [-0.25, -0.2) is 4.79 Å². The molecule has 0 heterocycles. The van der Waals surface area contributed by atoms with E-state index in [0.717, 1.165) is 0 Å². The Hall–Kier alpha value is -3.14. The van der Waals surface area contributed by atoms with Gasteiger partial charge >= 0.3 is 24.1 Å². The van der Waals surface area contributed by atoms with E-state index in [4.69, 9.17) is 23.7 Å².